The van der Waals surface area contributed by atoms with Crippen molar-refractivity contribution in [3.05, 3.63) is 18.5 Å². The molecule has 16 heavy (non-hydrogen) atoms. The Bertz CT molecular complexity index is 298. The van der Waals surface area contributed by atoms with Gasteiger partial charge < -0.3 is 10.4 Å². The topological polar surface area (TPSA) is 58.0 Å². The summed E-state index contributed by atoms with van der Waals surface area (Å²) >= 11 is 0. The fourth-order valence-corrected chi connectivity index (χ4v) is 2.39. The van der Waals surface area contributed by atoms with Crippen molar-refractivity contribution in [1.29, 1.82) is 0 Å². The van der Waals surface area contributed by atoms with E-state index in [1.807, 2.05) is 0 Å². The van der Waals surface area contributed by atoms with E-state index >= 15 is 0 Å². The molecule has 0 saturated heterocycles. The molecule has 1 aliphatic rings. The van der Waals surface area contributed by atoms with Crippen molar-refractivity contribution >= 4 is 5.95 Å². The van der Waals surface area contributed by atoms with Crippen LogP contribution in [-0.4, -0.2) is 27.7 Å². The Hall–Kier alpha value is -1.16. The second-order valence-corrected chi connectivity index (χ2v) is 4.40. The summed E-state index contributed by atoms with van der Waals surface area (Å²) in [6.07, 6.45) is 9.71. The standard InChI is InChI=1S/C12H19N3O/c16-9-11(10-5-2-1-3-6-10)15-12-13-7-4-8-14-12/h4,7-8,10-11,16H,1-3,5-6,9H2,(H,13,14,15)/t11-/m0/s1. The van der Waals surface area contributed by atoms with E-state index in [1.54, 1.807) is 18.5 Å². The molecule has 88 valence electrons. The minimum atomic E-state index is 0.0997. The molecule has 4 heteroatoms. The van der Waals surface area contributed by atoms with Crippen LogP contribution in [0.25, 0.3) is 0 Å². The molecule has 1 saturated carbocycles. The molecule has 0 unspecified atom stereocenters. The molecular formula is C12H19N3O. The van der Waals surface area contributed by atoms with Crippen LogP contribution in [0.2, 0.25) is 0 Å². The van der Waals surface area contributed by atoms with Crippen LogP contribution in [0.3, 0.4) is 0 Å². The summed E-state index contributed by atoms with van der Waals surface area (Å²) in [6.45, 7) is 0.156. The highest BCUT2D eigenvalue weighted by molar-refractivity contribution is 5.24. The van der Waals surface area contributed by atoms with Crippen LogP contribution >= 0.6 is 0 Å². The van der Waals surface area contributed by atoms with Gasteiger partial charge in [-0.05, 0) is 24.8 Å². The van der Waals surface area contributed by atoms with Gasteiger partial charge in [0.2, 0.25) is 5.95 Å². The average Bonchev–Trinajstić information content (AvgIpc) is 2.38. The molecule has 0 aromatic carbocycles. The van der Waals surface area contributed by atoms with Crippen molar-refractivity contribution < 1.29 is 5.11 Å². The van der Waals surface area contributed by atoms with Crippen LogP contribution in [0.1, 0.15) is 32.1 Å². The summed E-state index contributed by atoms with van der Waals surface area (Å²) in [7, 11) is 0. The van der Waals surface area contributed by atoms with E-state index in [9.17, 15) is 5.11 Å². The Morgan fingerprint density at radius 1 is 1.25 bits per heavy atom. The van der Waals surface area contributed by atoms with Crippen LogP contribution < -0.4 is 5.32 Å². The number of aliphatic hydroxyl groups is 1. The van der Waals surface area contributed by atoms with Crippen LogP contribution in [-0.2, 0) is 0 Å². The van der Waals surface area contributed by atoms with Crippen LogP contribution in [0.5, 0.6) is 0 Å². The number of anilines is 1. The van der Waals surface area contributed by atoms with Gasteiger partial charge in [-0.1, -0.05) is 19.3 Å². The molecule has 0 bridgehead atoms. The first-order valence-corrected chi connectivity index (χ1v) is 6.04. The quantitative estimate of drug-likeness (QED) is 0.814. The van der Waals surface area contributed by atoms with Crippen molar-refractivity contribution in [2.75, 3.05) is 11.9 Å². The molecule has 1 fully saturated rings. The fourth-order valence-electron chi connectivity index (χ4n) is 2.39. The van der Waals surface area contributed by atoms with Gasteiger partial charge in [0.25, 0.3) is 0 Å². The van der Waals surface area contributed by atoms with E-state index in [1.165, 1.54) is 32.1 Å². The van der Waals surface area contributed by atoms with Gasteiger partial charge in [0.1, 0.15) is 0 Å². The smallest absolute Gasteiger partial charge is 0.222 e. The minimum Gasteiger partial charge on any atom is -0.394 e. The number of hydrogen-bond donors (Lipinski definition) is 2. The van der Waals surface area contributed by atoms with Crippen molar-refractivity contribution in [3.63, 3.8) is 0 Å². The monoisotopic (exact) mass is 221 g/mol. The van der Waals surface area contributed by atoms with E-state index in [0.717, 1.165) is 0 Å². The average molecular weight is 221 g/mol. The largest absolute Gasteiger partial charge is 0.394 e. The number of aliphatic hydroxyl groups excluding tert-OH is 1. The molecule has 4 nitrogen and oxygen atoms in total. The van der Waals surface area contributed by atoms with Crippen LogP contribution in [0, 0.1) is 5.92 Å². The molecule has 0 amide bonds. The summed E-state index contributed by atoms with van der Waals surface area (Å²) in [4.78, 5) is 8.26. The SMILES string of the molecule is OC[C@H](Nc1ncccn1)C1CCCCC1. The first kappa shape index (κ1) is 11.3. The van der Waals surface area contributed by atoms with E-state index in [0.29, 0.717) is 11.9 Å². The third kappa shape index (κ3) is 2.92. The lowest BCUT2D eigenvalue weighted by atomic mass is 9.84. The lowest BCUT2D eigenvalue weighted by Crippen LogP contribution is -2.34. The zero-order valence-electron chi connectivity index (χ0n) is 9.47. The second-order valence-electron chi connectivity index (χ2n) is 4.40. The first-order valence-electron chi connectivity index (χ1n) is 6.04. The summed E-state index contributed by atoms with van der Waals surface area (Å²) < 4.78 is 0. The normalized spacial score (nSPS) is 19.3. The van der Waals surface area contributed by atoms with Gasteiger partial charge in [-0.2, -0.15) is 0 Å². The number of rotatable bonds is 4. The molecule has 2 N–H and O–H groups in total. The summed E-state index contributed by atoms with van der Waals surface area (Å²) in [6, 6.07) is 1.89. The molecule has 0 aliphatic heterocycles. The fraction of sp³-hybridized carbons (Fsp3) is 0.667. The summed E-state index contributed by atoms with van der Waals surface area (Å²) in [5.41, 5.74) is 0. The molecular weight excluding hydrogens is 202 g/mol. The highest BCUT2D eigenvalue weighted by Gasteiger charge is 2.23. The number of nitrogens with one attached hydrogen (secondary N) is 1. The maximum atomic E-state index is 9.42. The van der Waals surface area contributed by atoms with Crippen molar-refractivity contribution in [2.24, 2.45) is 5.92 Å². The van der Waals surface area contributed by atoms with Gasteiger partial charge in [0.05, 0.1) is 12.6 Å². The third-order valence-corrected chi connectivity index (χ3v) is 3.30. The second kappa shape index (κ2) is 5.80. The highest BCUT2D eigenvalue weighted by Crippen LogP contribution is 2.27. The van der Waals surface area contributed by atoms with Crippen molar-refractivity contribution in [2.45, 2.75) is 38.1 Å². The van der Waals surface area contributed by atoms with Gasteiger partial charge in [0.15, 0.2) is 0 Å². The number of aromatic nitrogens is 2. The maximum Gasteiger partial charge on any atom is 0.222 e. The third-order valence-electron chi connectivity index (χ3n) is 3.30. The number of nitrogens with zero attached hydrogens (tertiary/aromatic N) is 2. The lowest BCUT2D eigenvalue weighted by Gasteiger charge is -2.29. The summed E-state index contributed by atoms with van der Waals surface area (Å²) in [5, 5.41) is 12.6. The van der Waals surface area contributed by atoms with E-state index < -0.39 is 0 Å². The molecule has 1 heterocycles. The lowest BCUT2D eigenvalue weighted by molar-refractivity contribution is 0.209. The highest BCUT2D eigenvalue weighted by atomic mass is 16.3. The Labute approximate surface area is 96.1 Å². The molecule has 1 aromatic heterocycles. The van der Waals surface area contributed by atoms with Gasteiger partial charge in [0, 0.05) is 12.4 Å². The Balaban J connectivity index is 1.94. The predicted molar refractivity (Wildman–Crippen MR) is 63.1 cm³/mol. The van der Waals surface area contributed by atoms with E-state index in [4.69, 9.17) is 0 Å². The Morgan fingerprint density at radius 2 is 1.94 bits per heavy atom. The van der Waals surface area contributed by atoms with Gasteiger partial charge in [-0.15, -0.1) is 0 Å². The van der Waals surface area contributed by atoms with Crippen molar-refractivity contribution in [3.8, 4) is 0 Å². The summed E-state index contributed by atoms with van der Waals surface area (Å²) in [5.74, 6) is 1.18. The van der Waals surface area contributed by atoms with Gasteiger partial charge in [-0.3, -0.25) is 0 Å². The maximum absolute atomic E-state index is 9.42. The molecule has 0 radical (unpaired) electrons. The Morgan fingerprint density at radius 3 is 2.56 bits per heavy atom. The first-order chi connectivity index (χ1) is 7.90. The zero-order chi connectivity index (χ0) is 11.2. The number of hydrogen-bond acceptors (Lipinski definition) is 4. The molecule has 1 aromatic rings. The molecule has 2 rings (SSSR count). The van der Waals surface area contributed by atoms with Crippen LogP contribution in [0.4, 0.5) is 5.95 Å². The molecule has 1 aliphatic carbocycles. The van der Waals surface area contributed by atoms with Crippen molar-refractivity contribution in [1.82, 2.24) is 9.97 Å². The minimum absolute atomic E-state index is 0.0997. The van der Waals surface area contributed by atoms with Gasteiger partial charge >= 0.3 is 0 Å². The van der Waals surface area contributed by atoms with Gasteiger partial charge in [-0.25, -0.2) is 9.97 Å². The molecule has 1 atom stereocenters. The predicted octanol–water partition coefficient (Wildman–Crippen LogP) is 1.83. The Kier molecular flexibility index (Phi) is 4.10. The van der Waals surface area contributed by atoms with E-state index in [2.05, 4.69) is 15.3 Å². The molecule has 0 spiro atoms. The van der Waals surface area contributed by atoms with Crippen LogP contribution in [0.15, 0.2) is 18.5 Å². The van der Waals surface area contributed by atoms with E-state index in [-0.39, 0.29) is 12.6 Å². The zero-order valence-corrected chi connectivity index (χ0v) is 9.47.